The van der Waals surface area contributed by atoms with Crippen LogP contribution < -0.4 is 15.6 Å². The number of H-pyrrole nitrogens is 1. The Morgan fingerprint density at radius 1 is 1.17 bits per heavy atom. The van der Waals surface area contributed by atoms with E-state index in [-0.39, 0.29) is 11.3 Å². The van der Waals surface area contributed by atoms with Crippen LogP contribution in [-0.2, 0) is 0 Å². The van der Waals surface area contributed by atoms with Gasteiger partial charge in [0.2, 0.25) is 0 Å². The maximum absolute atomic E-state index is 12.4. The van der Waals surface area contributed by atoms with Gasteiger partial charge >= 0.3 is 0 Å². The summed E-state index contributed by atoms with van der Waals surface area (Å²) in [5.74, 6) is 0.820. The molecule has 1 fully saturated rings. The normalized spacial score (nSPS) is 14.7. The summed E-state index contributed by atoms with van der Waals surface area (Å²) in [6.45, 7) is 3.97. The Bertz CT molecular complexity index is 1100. The Balaban J connectivity index is 1.41. The molecule has 0 aliphatic carbocycles. The van der Waals surface area contributed by atoms with E-state index >= 15 is 0 Å². The Kier molecular flexibility index (Phi) is 6.20. The molecule has 3 N–H and O–H groups in total. The van der Waals surface area contributed by atoms with Gasteiger partial charge in [0.1, 0.15) is 18.1 Å². The van der Waals surface area contributed by atoms with E-state index in [1.54, 1.807) is 12.3 Å². The molecule has 0 radical (unpaired) electrons. The number of likely N-dealkylation sites (tertiary alicyclic amines) is 1. The smallest absolute Gasteiger partial charge is 0.258 e. The highest BCUT2D eigenvalue weighted by atomic mass is 16.5. The van der Waals surface area contributed by atoms with Crippen molar-refractivity contribution in [3.63, 3.8) is 0 Å². The molecule has 7 heteroatoms. The molecule has 0 amide bonds. The Labute approximate surface area is 174 Å². The zero-order valence-electron chi connectivity index (χ0n) is 16.7. The maximum Gasteiger partial charge on any atom is 0.258 e. The topological polar surface area (TPSA) is 93.6 Å². The van der Waals surface area contributed by atoms with Gasteiger partial charge in [-0.15, -0.1) is 0 Å². The molecule has 1 saturated heterocycles. The van der Waals surface area contributed by atoms with E-state index in [2.05, 4.69) is 20.3 Å². The third kappa shape index (κ3) is 4.75. The van der Waals surface area contributed by atoms with Gasteiger partial charge in [-0.2, -0.15) is 5.11 Å². The molecule has 0 saturated carbocycles. The Hall–Kier alpha value is -3.45. The van der Waals surface area contributed by atoms with Crippen LogP contribution in [0.4, 0.5) is 5.69 Å². The molecule has 154 valence electrons. The number of fused-ring (bicyclic) bond motifs is 1. The minimum atomic E-state index is -0.278. The summed E-state index contributed by atoms with van der Waals surface area (Å²) in [6, 6.07) is 16.9. The molecule has 2 heterocycles. The number of aromatic amines is 1. The molecule has 3 aromatic rings. The van der Waals surface area contributed by atoms with Crippen molar-refractivity contribution in [3.05, 3.63) is 76.7 Å². The van der Waals surface area contributed by atoms with E-state index < -0.39 is 0 Å². The molecule has 1 aromatic heterocycles. The molecule has 2 aromatic carbocycles. The fourth-order valence-electron chi connectivity index (χ4n) is 3.61. The van der Waals surface area contributed by atoms with Gasteiger partial charge in [-0.05, 0) is 67.7 Å². The second-order valence-electron chi connectivity index (χ2n) is 7.31. The van der Waals surface area contributed by atoms with Gasteiger partial charge in [-0.3, -0.25) is 9.69 Å². The number of rotatable bonds is 8. The predicted octanol–water partition coefficient (Wildman–Crippen LogP) is 4.44. The standard InChI is InChI=1S/C23H25N5O2/c24-27-22(20-15-17-5-1-2-6-21(17)26-23(20)29)16-25-18-7-9-19(10-8-18)30-14-13-28-11-3-4-12-28/h1-2,5-10,15-16,24-25H,3-4,11-14H2,(H,26,29)/b22-16-,27-24?. The van der Waals surface area contributed by atoms with Crippen molar-refractivity contribution >= 4 is 22.3 Å². The molecule has 0 spiro atoms. The van der Waals surface area contributed by atoms with Crippen molar-refractivity contribution < 1.29 is 4.74 Å². The monoisotopic (exact) mass is 403 g/mol. The Morgan fingerprint density at radius 2 is 1.93 bits per heavy atom. The lowest BCUT2D eigenvalue weighted by Gasteiger charge is -2.15. The molecule has 1 aliphatic rings. The molecule has 30 heavy (non-hydrogen) atoms. The summed E-state index contributed by atoms with van der Waals surface area (Å²) in [6.07, 6.45) is 4.13. The summed E-state index contributed by atoms with van der Waals surface area (Å²) in [7, 11) is 0. The largest absolute Gasteiger partial charge is 0.492 e. The summed E-state index contributed by atoms with van der Waals surface area (Å²) in [5.41, 5.74) is 9.39. The fraction of sp³-hybridized carbons (Fsp3) is 0.261. The lowest BCUT2D eigenvalue weighted by molar-refractivity contribution is 0.238. The van der Waals surface area contributed by atoms with E-state index in [0.717, 1.165) is 28.9 Å². The number of pyridine rings is 1. The van der Waals surface area contributed by atoms with E-state index in [1.165, 1.54) is 25.9 Å². The van der Waals surface area contributed by atoms with Crippen molar-refractivity contribution in [2.24, 2.45) is 5.11 Å². The van der Waals surface area contributed by atoms with Crippen LogP contribution >= 0.6 is 0 Å². The number of ether oxygens (including phenoxy) is 1. The van der Waals surface area contributed by atoms with E-state index in [9.17, 15) is 4.79 Å². The average molecular weight is 403 g/mol. The number of hydrogen-bond acceptors (Lipinski definition) is 6. The third-order valence-corrected chi connectivity index (χ3v) is 5.25. The summed E-state index contributed by atoms with van der Waals surface area (Å²) >= 11 is 0. The SMILES string of the molecule is N=N/C(=C\Nc1ccc(OCCN2CCCC2)cc1)c1cc2ccccc2[nH]c1=O. The first kappa shape index (κ1) is 19.8. The van der Waals surface area contributed by atoms with Gasteiger partial charge in [0.05, 0.1) is 5.56 Å². The van der Waals surface area contributed by atoms with Gasteiger partial charge in [-0.25, -0.2) is 5.53 Å². The van der Waals surface area contributed by atoms with Crippen LogP contribution in [0.25, 0.3) is 16.6 Å². The molecule has 7 nitrogen and oxygen atoms in total. The summed E-state index contributed by atoms with van der Waals surface area (Å²) in [5, 5.41) is 7.53. The quantitative estimate of drug-likeness (QED) is 0.485. The molecule has 0 atom stereocenters. The van der Waals surface area contributed by atoms with Crippen molar-refractivity contribution in [2.45, 2.75) is 12.8 Å². The average Bonchev–Trinajstić information content (AvgIpc) is 3.29. The number of hydrogen-bond donors (Lipinski definition) is 3. The summed E-state index contributed by atoms with van der Waals surface area (Å²) < 4.78 is 5.82. The fourth-order valence-corrected chi connectivity index (χ4v) is 3.61. The highest BCUT2D eigenvalue weighted by Crippen LogP contribution is 2.20. The second kappa shape index (κ2) is 9.37. The number of anilines is 1. The molecule has 4 rings (SSSR count). The lowest BCUT2D eigenvalue weighted by atomic mass is 10.1. The minimum absolute atomic E-state index is 0.257. The predicted molar refractivity (Wildman–Crippen MR) is 119 cm³/mol. The first-order chi connectivity index (χ1) is 14.7. The van der Waals surface area contributed by atoms with Gasteiger partial charge in [0, 0.05) is 23.9 Å². The number of aromatic nitrogens is 1. The first-order valence-electron chi connectivity index (χ1n) is 10.1. The molecule has 0 bridgehead atoms. The highest BCUT2D eigenvalue weighted by Gasteiger charge is 2.11. The number of nitrogens with zero attached hydrogens (tertiary/aromatic N) is 2. The Morgan fingerprint density at radius 3 is 2.70 bits per heavy atom. The van der Waals surface area contributed by atoms with Crippen LogP contribution in [0.15, 0.2) is 70.7 Å². The van der Waals surface area contributed by atoms with E-state index in [0.29, 0.717) is 12.2 Å². The van der Waals surface area contributed by atoms with E-state index in [1.807, 2.05) is 48.5 Å². The van der Waals surface area contributed by atoms with Gasteiger partial charge < -0.3 is 15.0 Å². The van der Waals surface area contributed by atoms with Crippen LogP contribution in [0.5, 0.6) is 5.75 Å². The number of nitrogens with one attached hydrogen (secondary N) is 3. The summed E-state index contributed by atoms with van der Waals surface area (Å²) in [4.78, 5) is 17.6. The molecular formula is C23H25N5O2. The van der Waals surface area contributed by atoms with Crippen LogP contribution in [0, 0.1) is 5.53 Å². The van der Waals surface area contributed by atoms with Crippen molar-refractivity contribution in [3.8, 4) is 5.75 Å². The number of para-hydroxylation sites is 1. The zero-order valence-corrected chi connectivity index (χ0v) is 16.7. The molecular weight excluding hydrogens is 378 g/mol. The number of benzene rings is 2. The van der Waals surface area contributed by atoms with E-state index in [4.69, 9.17) is 10.3 Å². The van der Waals surface area contributed by atoms with Crippen molar-refractivity contribution in [1.29, 1.82) is 5.53 Å². The molecule has 1 aliphatic heterocycles. The molecule has 0 unspecified atom stereocenters. The minimum Gasteiger partial charge on any atom is -0.492 e. The highest BCUT2D eigenvalue weighted by molar-refractivity contribution is 5.82. The van der Waals surface area contributed by atoms with Crippen LogP contribution in [0.2, 0.25) is 0 Å². The van der Waals surface area contributed by atoms with Crippen LogP contribution in [0.3, 0.4) is 0 Å². The first-order valence-corrected chi connectivity index (χ1v) is 10.1. The maximum atomic E-state index is 12.4. The lowest BCUT2D eigenvalue weighted by Crippen LogP contribution is -2.25. The van der Waals surface area contributed by atoms with Crippen molar-refractivity contribution in [1.82, 2.24) is 9.88 Å². The second-order valence-corrected chi connectivity index (χ2v) is 7.31. The van der Waals surface area contributed by atoms with Gasteiger partial charge in [-0.1, -0.05) is 18.2 Å². The van der Waals surface area contributed by atoms with Crippen LogP contribution in [-0.4, -0.2) is 36.1 Å². The van der Waals surface area contributed by atoms with Gasteiger partial charge in [0.15, 0.2) is 0 Å². The van der Waals surface area contributed by atoms with Crippen molar-refractivity contribution in [2.75, 3.05) is 31.6 Å². The third-order valence-electron chi connectivity index (χ3n) is 5.25. The van der Waals surface area contributed by atoms with Gasteiger partial charge in [0.25, 0.3) is 5.56 Å². The van der Waals surface area contributed by atoms with Crippen LogP contribution in [0.1, 0.15) is 18.4 Å². The zero-order chi connectivity index (χ0) is 20.8.